The Morgan fingerprint density at radius 1 is 1.48 bits per heavy atom. The highest BCUT2D eigenvalue weighted by Crippen LogP contribution is 2.17. The summed E-state index contributed by atoms with van der Waals surface area (Å²) in [6.45, 7) is 3.34. The number of benzene rings is 1. The summed E-state index contributed by atoms with van der Waals surface area (Å²) >= 11 is 0. The number of rotatable bonds is 4. The smallest absolute Gasteiger partial charge is 0.319 e. The van der Waals surface area contributed by atoms with Crippen LogP contribution in [0.15, 0.2) is 28.8 Å². The van der Waals surface area contributed by atoms with Crippen LogP contribution in [0.2, 0.25) is 0 Å². The summed E-state index contributed by atoms with van der Waals surface area (Å²) in [5.74, 6) is 0.749. The molecular formula is C12H13N5O4. The molecule has 0 unspecified atom stereocenters. The van der Waals surface area contributed by atoms with Crippen LogP contribution in [-0.2, 0) is 0 Å². The molecule has 1 aromatic heterocycles. The van der Waals surface area contributed by atoms with Gasteiger partial charge >= 0.3 is 6.03 Å². The van der Waals surface area contributed by atoms with Crippen LogP contribution in [0.4, 0.5) is 16.2 Å². The molecule has 2 amide bonds. The Kier molecular flexibility index (Phi) is 4.12. The van der Waals surface area contributed by atoms with E-state index in [9.17, 15) is 14.9 Å². The maximum atomic E-state index is 11.8. The largest absolute Gasteiger partial charge is 0.340 e. The van der Waals surface area contributed by atoms with E-state index in [2.05, 4.69) is 20.8 Å². The summed E-state index contributed by atoms with van der Waals surface area (Å²) in [4.78, 5) is 25.9. The van der Waals surface area contributed by atoms with Gasteiger partial charge in [-0.05, 0) is 13.0 Å². The van der Waals surface area contributed by atoms with Gasteiger partial charge in [-0.1, -0.05) is 11.2 Å². The number of anilines is 1. The van der Waals surface area contributed by atoms with Crippen LogP contribution in [-0.4, -0.2) is 21.1 Å². The first-order valence-corrected chi connectivity index (χ1v) is 6.08. The molecule has 1 heterocycles. The van der Waals surface area contributed by atoms with Crippen molar-refractivity contribution in [2.24, 2.45) is 0 Å². The van der Waals surface area contributed by atoms with Crippen molar-refractivity contribution in [3.63, 3.8) is 0 Å². The summed E-state index contributed by atoms with van der Waals surface area (Å²) < 4.78 is 4.82. The lowest BCUT2D eigenvalue weighted by molar-refractivity contribution is -0.384. The van der Waals surface area contributed by atoms with Crippen LogP contribution >= 0.6 is 0 Å². The third kappa shape index (κ3) is 3.75. The van der Waals surface area contributed by atoms with Gasteiger partial charge in [0.05, 0.1) is 11.0 Å². The number of non-ortho nitro benzene ring substituents is 1. The summed E-state index contributed by atoms with van der Waals surface area (Å²) in [7, 11) is 0. The highest BCUT2D eigenvalue weighted by molar-refractivity contribution is 5.89. The Balaban J connectivity index is 1.98. The number of urea groups is 1. The van der Waals surface area contributed by atoms with Crippen molar-refractivity contribution in [3.8, 4) is 0 Å². The molecule has 1 aromatic carbocycles. The molecule has 2 N–H and O–H groups in total. The molecule has 0 fully saturated rings. The van der Waals surface area contributed by atoms with Crippen LogP contribution in [0.25, 0.3) is 0 Å². The van der Waals surface area contributed by atoms with Crippen molar-refractivity contribution in [3.05, 3.63) is 46.1 Å². The molecule has 9 nitrogen and oxygen atoms in total. The van der Waals surface area contributed by atoms with Gasteiger partial charge in [0.2, 0.25) is 5.89 Å². The van der Waals surface area contributed by atoms with Crippen molar-refractivity contribution in [1.29, 1.82) is 0 Å². The molecule has 0 spiro atoms. The molecule has 0 radical (unpaired) electrons. The predicted octanol–water partition coefficient (Wildman–Crippen LogP) is 2.17. The first kappa shape index (κ1) is 14.4. The van der Waals surface area contributed by atoms with Crippen molar-refractivity contribution in [2.75, 3.05) is 5.32 Å². The van der Waals surface area contributed by atoms with E-state index in [1.54, 1.807) is 19.9 Å². The van der Waals surface area contributed by atoms with Gasteiger partial charge in [0.1, 0.15) is 0 Å². The number of carbonyl (C=O) groups is 1. The molecule has 0 aliphatic carbocycles. The summed E-state index contributed by atoms with van der Waals surface area (Å²) in [6, 6.07) is 4.66. The Bertz CT molecular complexity index is 669. The minimum Gasteiger partial charge on any atom is -0.340 e. The van der Waals surface area contributed by atoms with Gasteiger partial charge < -0.3 is 15.2 Å². The van der Waals surface area contributed by atoms with Crippen LogP contribution in [0.1, 0.15) is 24.7 Å². The van der Waals surface area contributed by atoms with E-state index in [-0.39, 0.29) is 5.69 Å². The lowest BCUT2D eigenvalue weighted by Crippen LogP contribution is -2.31. The molecule has 21 heavy (non-hydrogen) atoms. The molecule has 0 saturated carbocycles. The molecule has 2 rings (SSSR count). The first-order valence-electron chi connectivity index (χ1n) is 6.08. The van der Waals surface area contributed by atoms with Crippen LogP contribution in [0.5, 0.6) is 0 Å². The molecule has 0 bridgehead atoms. The second kappa shape index (κ2) is 5.99. The van der Waals surface area contributed by atoms with Gasteiger partial charge in [-0.2, -0.15) is 4.98 Å². The number of hydrogen-bond acceptors (Lipinski definition) is 6. The quantitative estimate of drug-likeness (QED) is 0.657. The van der Waals surface area contributed by atoms with Crippen molar-refractivity contribution >= 4 is 17.4 Å². The topological polar surface area (TPSA) is 123 Å². The van der Waals surface area contributed by atoms with Gasteiger partial charge in [-0.25, -0.2) is 4.79 Å². The van der Waals surface area contributed by atoms with Crippen molar-refractivity contribution in [1.82, 2.24) is 15.5 Å². The number of carbonyl (C=O) groups excluding carboxylic acids is 1. The highest BCUT2D eigenvalue weighted by Gasteiger charge is 2.15. The molecule has 0 saturated heterocycles. The number of hydrogen-bond donors (Lipinski definition) is 2. The second-order valence-corrected chi connectivity index (χ2v) is 4.30. The number of aromatic nitrogens is 2. The zero-order chi connectivity index (χ0) is 15.4. The van der Waals surface area contributed by atoms with Crippen molar-refractivity contribution in [2.45, 2.75) is 19.9 Å². The fourth-order valence-electron chi connectivity index (χ4n) is 1.62. The summed E-state index contributed by atoms with van der Waals surface area (Å²) in [5, 5.41) is 19.5. The van der Waals surface area contributed by atoms with Crippen LogP contribution in [0, 0.1) is 17.0 Å². The van der Waals surface area contributed by atoms with Gasteiger partial charge in [-0.3, -0.25) is 10.1 Å². The first-order chi connectivity index (χ1) is 9.95. The lowest BCUT2D eigenvalue weighted by Gasteiger charge is -2.11. The van der Waals surface area contributed by atoms with E-state index in [1.807, 2.05) is 0 Å². The van der Waals surface area contributed by atoms with E-state index in [0.717, 1.165) is 0 Å². The predicted molar refractivity (Wildman–Crippen MR) is 72.7 cm³/mol. The number of amides is 2. The van der Waals surface area contributed by atoms with Gasteiger partial charge in [0, 0.05) is 24.7 Å². The van der Waals surface area contributed by atoms with E-state index in [4.69, 9.17) is 4.52 Å². The lowest BCUT2D eigenvalue weighted by atomic mass is 10.3. The molecular weight excluding hydrogens is 278 g/mol. The Morgan fingerprint density at radius 2 is 2.24 bits per heavy atom. The minimum absolute atomic E-state index is 0.102. The molecule has 1 atom stereocenters. The highest BCUT2D eigenvalue weighted by atomic mass is 16.6. The summed E-state index contributed by atoms with van der Waals surface area (Å²) in [5.41, 5.74) is 0.216. The Morgan fingerprint density at radius 3 is 2.86 bits per heavy atom. The maximum Gasteiger partial charge on any atom is 0.319 e. The Hall–Kier alpha value is -2.97. The number of nitrogens with one attached hydrogen (secondary N) is 2. The molecule has 0 aliphatic heterocycles. The summed E-state index contributed by atoms with van der Waals surface area (Å²) in [6.07, 6.45) is 0. The number of nitro benzene ring substituents is 1. The van der Waals surface area contributed by atoms with Crippen LogP contribution in [0.3, 0.4) is 0 Å². The maximum absolute atomic E-state index is 11.8. The number of aryl methyl sites for hydroxylation is 1. The monoisotopic (exact) mass is 291 g/mol. The average Bonchev–Trinajstić information content (AvgIpc) is 2.85. The van der Waals surface area contributed by atoms with E-state index < -0.39 is 17.0 Å². The number of nitro groups is 1. The number of nitrogens with zero attached hydrogens (tertiary/aromatic N) is 3. The molecule has 2 aromatic rings. The van der Waals surface area contributed by atoms with E-state index >= 15 is 0 Å². The third-order valence-corrected chi connectivity index (χ3v) is 2.59. The fourth-order valence-corrected chi connectivity index (χ4v) is 1.62. The molecule has 110 valence electrons. The zero-order valence-corrected chi connectivity index (χ0v) is 11.4. The van der Waals surface area contributed by atoms with Crippen LogP contribution < -0.4 is 10.6 Å². The molecule has 0 aliphatic rings. The van der Waals surface area contributed by atoms with Gasteiger partial charge in [-0.15, -0.1) is 0 Å². The molecule has 9 heteroatoms. The van der Waals surface area contributed by atoms with E-state index in [1.165, 1.54) is 18.2 Å². The Labute approximate surface area is 119 Å². The average molecular weight is 291 g/mol. The second-order valence-electron chi connectivity index (χ2n) is 4.30. The minimum atomic E-state index is -0.534. The SMILES string of the molecule is Cc1nc([C@H](C)NC(=O)Nc2cccc([N+](=O)[O-])c2)no1. The standard InChI is InChI=1S/C12H13N5O4/c1-7(11-14-8(2)21-16-11)13-12(18)15-9-4-3-5-10(6-9)17(19)20/h3-7H,1-2H3,(H2,13,15,18)/t7-/m0/s1. The van der Waals surface area contributed by atoms with Crippen molar-refractivity contribution < 1.29 is 14.2 Å². The normalized spacial score (nSPS) is 11.7. The zero-order valence-electron chi connectivity index (χ0n) is 11.4. The van der Waals surface area contributed by atoms with E-state index in [0.29, 0.717) is 17.4 Å². The fraction of sp³-hybridized carbons (Fsp3) is 0.250. The van der Waals surface area contributed by atoms with Gasteiger partial charge in [0.25, 0.3) is 5.69 Å². The van der Waals surface area contributed by atoms with Gasteiger partial charge in [0.15, 0.2) is 5.82 Å². The third-order valence-electron chi connectivity index (χ3n) is 2.59.